The van der Waals surface area contributed by atoms with E-state index < -0.39 is 12.0 Å². The average molecular weight is 350 g/mol. The second kappa shape index (κ2) is 6.36. The van der Waals surface area contributed by atoms with Gasteiger partial charge in [-0.05, 0) is 36.8 Å². The summed E-state index contributed by atoms with van der Waals surface area (Å²) >= 11 is 3.34. The van der Waals surface area contributed by atoms with Crippen molar-refractivity contribution in [2.75, 3.05) is 10.6 Å². The first-order valence-electron chi connectivity index (χ1n) is 5.99. The summed E-state index contributed by atoms with van der Waals surface area (Å²) in [6, 6.07) is 7.92. The molecule has 1 aromatic carbocycles. The number of pyridine rings is 1. The second-order valence-electron chi connectivity index (χ2n) is 4.28. The summed E-state index contributed by atoms with van der Waals surface area (Å²) in [6.45, 7) is 1.88. The van der Waals surface area contributed by atoms with Gasteiger partial charge in [0.05, 0.1) is 11.9 Å². The molecule has 0 fully saturated rings. The number of urea groups is 1. The Bertz CT molecular complexity index is 686. The van der Waals surface area contributed by atoms with E-state index >= 15 is 0 Å². The minimum Gasteiger partial charge on any atom is -0.477 e. The first-order chi connectivity index (χ1) is 9.95. The molecule has 0 bridgehead atoms. The van der Waals surface area contributed by atoms with Crippen LogP contribution >= 0.6 is 15.9 Å². The van der Waals surface area contributed by atoms with Crippen molar-refractivity contribution in [3.8, 4) is 0 Å². The number of hydrogen-bond acceptors (Lipinski definition) is 3. The van der Waals surface area contributed by atoms with Crippen molar-refractivity contribution in [1.29, 1.82) is 0 Å². The number of aromatic carboxylic acids is 1. The first kappa shape index (κ1) is 15.0. The monoisotopic (exact) mass is 349 g/mol. The van der Waals surface area contributed by atoms with Crippen LogP contribution in [0.5, 0.6) is 0 Å². The minimum absolute atomic E-state index is 0.0798. The second-order valence-corrected chi connectivity index (χ2v) is 5.19. The zero-order chi connectivity index (χ0) is 15.4. The quantitative estimate of drug-likeness (QED) is 0.790. The van der Waals surface area contributed by atoms with Crippen molar-refractivity contribution < 1.29 is 14.7 Å². The van der Waals surface area contributed by atoms with Gasteiger partial charge < -0.3 is 15.7 Å². The van der Waals surface area contributed by atoms with Gasteiger partial charge in [0.1, 0.15) is 5.69 Å². The molecule has 0 aliphatic carbocycles. The van der Waals surface area contributed by atoms with Crippen LogP contribution in [0.15, 0.2) is 41.0 Å². The number of hydrogen-bond donors (Lipinski definition) is 3. The Morgan fingerprint density at radius 3 is 2.57 bits per heavy atom. The fourth-order valence-corrected chi connectivity index (χ4v) is 1.97. The van der Waals surface area contributed by atoms with Crippen molar-refractivity contribution >= 4 is 39.3 Å². The van der Waals surface area contributed by atoms with Gasteiger partial charge >= 0.3 is 12.0 Å². The lowest BCUT2D eigenvalue weighted by Crippen LogP contribution is -2.20. The molecule has 2 aromatic rings. The van der Waals surface area contributed by atoms with Crippen LogP contribution < -0.4 is 10.6 Å². The molecular formula is C14H12BrN3O3. The van der Waals surface area contributed by atoms with Crippen molar-refractivity contribution in [3.63, 3.8) is 0 Å². The maximum atomic E-state index is 11.9. The van der Waals surface area contributed by atoms with Gasteiger partial charge in [-0.25, -0.2) is 14.6 Å². The van der Waals surface area contributed by atoms with Crippen LogP contribution in [0.4, 0.5) is 16.2 Å². The number of carboxylic acid groups (broad SMARTS) is 1. The van der Waals surface area contributed by atoms with Crippen LogP contribution in [0.25, 0.3) is 0 Å². The van der Waals surface area contributed by atoms with Gasteiger partial charge in [-0.3, -0.25) is 0 Å². The van der Waals surface area contributed by atoms with Gasteiger partial charge in [-0.15, -0.1) is 0 Å². The number of nitrogens with one attached hydrogen (secondary N) is 2. The summed E-state index contributed by atoms with van der Waals surface area (Å²) < 4.78 is 0.857. The predicted octanol–water partition coefficient (Wildman–Crippen LogP) is 3.49. The van der Waals surface area contributed by atoms with E-state index in [1.807, 2.05) is 19.1 Å². The lowest BCUT2D eigenvalue weighted by Gasteiger charge is -2.10. The van der Waals surface area contributed by atoms with Crippen molar-refractivity contribution in [3.05, 3.63) is 52.3 Å². The maximum Gasteiger partial charge on any atom is 0.354 e. The van der Waals surface area contributed by atoms with E-state index in [9.17, 15) is 9.59 Å². The molecule has 0 aliphatic rings. The van der Waals surface area contributed by atoms with E-state index in [-0.39, 0.29) is 5.69 Å². The van der Waals surface area contributed by atoms with E-state index in [2.05, 4.69) is 31.5 Å². The number of aromatic nitrogens is 1. The predicted molar refractivity (Wildman–Crippen MR) is 82.7 cm³/mol. The van der Waals surface area contributed by atoms with Crippen molar-refractivity contribution in [1.82, 2.24) is 4.98 Å². The highest BCUT2D eigenvalue weighted by Gasteiger charge is 2.07. The van der Waals surface area contributed by atoms with Crippen LogP contribution in [0.1, 0.15) is 16.1 Å². The third-order valence-electron chi connectivity index (χ3n) is 2.69. The lowest BCUT2D eigenvalue weighted by atomic mass is 10.2. The van der Waals surface area contributed by atoms with Gasteiger partial charge in [0.2, 0.25) is 0 Å². The van der Waals surface area contributed by atoms with E-state index in [4.69, 9.17) is 5.11 Å². The number of aryl methyl sites for hydroxylation is 1. The highest BCUT2D eigenvalue weighted by atomic mass is 79.9. The molecule has 3 N–H and O–H groups in total. The Morgan fingerprint density at radius 1 is 1.19 bits per heavy atom. The number of anilines is 2. The maximum absolute atomic E-state index is 11.9. The number of carbonyl (C=O) groups is 2. The number of amides is 2. The normalized spacial score (nSPS) is 10.0. The van der Waals surface area contributed by atoms with Crippen LogP contribution in [0.2, 0.25) is 0 Å². The largest absolute Gasteiger partial charge is 0.477 e. The number of carbonyl (C=O) groups excluding carboxylic acids is 1. The smallest absolute Gasteiger partial charge is 0.354 e. The summed E-state index contributed by atoms with van der Waals surface area (Å²) in [4.78, 5) is 26.3. The Labute approximate surface area is 129 Å². The molecule has 2 rings (SSSR count). The first-order valence-corrected chi connectivity index (χ1v) is 6.78. The van der Waals surface area contributed by atoms with Gasteiger partial charge in [0.15, 0.2) is 0 Å². The highest BCUT2D eigenvalue weighted by molar-refractivity contribution is 9.10. The number of nitrogens with zero attached hydrogens (tertiary/aromatic N) is 1. The molecule has 0 aliphatic heterocycles. The summed E-state index contributed by atoms with van der Waals surface area (Å²) in [7, 11) is 0. The number of halogens is 1. The molecule has 0 spiro atoms. The van der Waals surface area contributed by atoms with Crippen LogP contribution in [0.3, 0.4) is 0 Å². The van der Waals surface area contributed by atoms with Gasteiger partial charge in [0, 0.05) is 10.2 Å². The van der Waals surface area contributed by atoms with Gasteiger partial charge in [-0.2, -0.15) is 0 Å². The van der Waals surface area contributed by atoms with E-state index in [0.29, 0.717) is 11.4 Å². The van der Waals surface area contributed by atoms with E-state index in [1.165, 1.54) is 18.3 Å². The Balaban J connectivity index is 2.04. The lowest BCUT2D eigenvalue weighted by molar-refractivity contribution is 0.0690. The summed E-state index contributed by atoms with van der Waals surface area (Å²) in [5, 5.41) is 14.0. The molecule has 0 saturated carbocycles. The zero-order valence-electron chi connectivity index (χ0n) is 11.1. The molecule has 1 aromatic heterocycles. The molecule has 0 saturated heterocycles. The third-order valence-corrected chi connectivity index (χ3v) is 3.18. The Hall–Kier alpha value is -2.41. The number of rotatable bonds is 3. The molecule has 108 valence electrons. The Kier molecular flexibility index (Phi) is 4.54. The zero-order valence-corrected chi connectivity index (χ0v) is 12.6. The van der Waals surface area contributed by atoms with E-state index in [1.54, 1.807) is 6.07 Å². The number of carboxylic acids is 1. The molecule has 1 heterocycles. The van der Waals surface area contributed by atoms with Crippen molar-refractivity contribution in [2.45, 2.75) is 6.92 Å². The molecule has 0 atom stereocenters. The van der Waals surface area contributed by atoms with Crippen LogP contribution in [-0.2, 0) is 0 Å². The van der Waals surface area contributed by atoms with E-state index in [0.717, 1.165) is 10.0 Å². The number of benzene rings is 1. The SMILES string of the molecule is Cc1ccc(Br)cc1NC(=O)Nc1ccc(C(=O)O)nc1. The highest BCUT2D eigenvalue weighted by Crippen LogP contribution is 2.20. The van der Waals surface area contributed by atoms with Crippen LogP contribution in [-0.4, -0.2) is 22.1 Å². The van der Waals surface area contributed by atoms with Gasteiger partial charge in [-0.1, -0.05) is 22.0 Å². The fourth-order valence-electron chi connectivity index (χ4n) is 1.61. The molecule has 0 radical (unpaired) electrons. The standard InChI is InChI=1S/C14H12BrN3O3/c1-8-2-3-9(15)6-12(8)18-14(21)17-10-4-5-11(13(19)20)16-7-10/h2-7H,1H3,(H,19,20)(H2,17,18,21). The topological polar surface area (TPSA) is 91.3 Å². The molecule has 6 nitrogen and oxygen atoms in total. The summed E-state index contributed by atoms with van der Waals surface area (Å²) in [6.07, 6.45) is 1.29. The fraction of sp³-hybridized carbons (Fsp3) is 0.0714. The molecule has 7 heteroatoms. The molecule has 0 unspecified atom stereocenters. The Morgan fingerprint density at radius 2 is 1.95 bits per heavy atom. The summed E-state index contributed by atoms with van der Waals surface area (Å²) in [5.74, 6) is -1.12. The summed E-state index contributed by atoms with van der Waals surface area (Å²) in [5.41, 5.74) is 1.93. The van der Waals surface area contributed by atoms with Crippen molar-refractivity contribution in [2.24, 2.45) is 0 Å². The minimum atomic E-state index is -1.12. The van der Waals surface area contributed by atoms with Gasteiger partial charge in [0.25, 0.3) is 0 Å². The average Bonchev–Trinajstić information content (AvgIpc) is 2.43. The van der Waals surface area contributed by atoms with Crippen LogP contribution in [0, 0.1) is 6.92 Å². The molecular weight excluding hydrogens is 338 g/mol. The molecule has 21 heavy (non-hydrogen) atoms. The third kappa shape index (κ3) is 4.03. The molecule has 2 amide bonds.